The number of hydrogen-bond acceptors (Lipinski definition) is 4. The van der Waals surface area contributed by atoms with E-state index in [2.05, 4.69) is 17.5 Å². The standard InChI is InChI=1S/C19H22N2O4/c1-19(15-10-6-3-7-11-15)17(23)21(18(24)20-19)12-16(22)25-13-14-8-4-2-5-9-14/h2-4,6-7,10-11,14H,5,8-9,12-13H2,1H3,(H,20,24). The molecule has 0 radical (unpaired) electrons. The Morgan fingerprint density at radius 2 is 2.04 bits per heavy atom. The minimum absolute atomic E-state index is 0.312. The van der Waals surface area contributed by atoms with Crippen molar-refractivity contribution in [3.05, 3.63) is 48.0 Å². The third-order valence-corrected chi connectivity index (χ3v) is 4.77. The molecule has 0 bridgehead atoms. The molecule has 1 aromatic rings. The Kier molecular flexibility index (Phi) is 4.88. The number of imide groups is 1. The molecular formula is C19H22N2O4. The van der Waals surface area contributed by atoms with Gasteiger partial charge in [0.25, 0.3) is 5.91 Å². The number of carbonyl (C=O) groups excluding carboxylic acids is 3. The second kappa shape index (κ2) is 7.09. The van der Waals surface area contributed by atoms with Gasteiger partial charge >= 0.3 is 12.0 Å². The quantitative estimate of drug-likeness (QED) is 0.506. The minimum atomic E-state index is -1.16. The van der Waals surface area contributed by atoms with E-state index in [4.69, 9.17) is 4.74 Å². The summed E-state index contributed by atoms with van der Waals surface area (Å²) in [5.74, 6) is -0.691. The number of ether oxygens (including phenoxy) is 1. The highest BCUT2D eigenvalue weighted by molar-refractivity contribution is 6.08. The van der Waals surface area contributed by atoms with Gasteiger partial charge in [0, 0.05) is 0 Å². The molecule has 6 nitrogen and oxygen atoms in total. The summed E-state index contributed by atoms with van der Waals surface area (Å²) in [7, 11) is 0. The highest BCUT2D eigenvalue weighted by atomic mass is 16.5. The zero-order valence-corrected chi connectivity index (χ0v) is 14.2. The van der Waals surface area contributed by atoms with Crippen LogP contribution in [0.15, 0.2) is 42.5 Å². The van der Waals surface area contributed by atoms with Gasteiger partial charge in [0.1, 0.15) is 12.1 Å². The van der Waals surface area contributed by atoms with Crippen LogP contribution in [-0.2, 0) is 19.9 Å². The number of rotatable bonds is 5. The van der Waals surface area contributed by atoms with Crippen molar-refractivity contribution in [1.82, 2.24) is 10.2 Å². The Morgan fingerprint density at radius 1 is 1.28 bits per heavy atom. The zero-order valence-electron chi connectivity index (χ0n) is 14.2. The number of allylic oxidation sites excluding steroid dienone is 2. The lowest BCUT2D eigenvalue weighted by Gasteiger charge is -2.22. The number of esters is 1. The van der Waals surface area contributed by atoms with E-state index in [-0.39, 0.29) is 6.54 Å². The number of benzene rings is 1. The van der Waals surface area contributed by atoms with E-state index in [1.165, 1.54) is 0 Å². The molecule has 1 aliphatic carbocycles. The molecule has 1 fully saturated rings. The molecule has 2 aliphatic rings. The Labute approximate surface area is 146 Å². The summed E-state index contributed by atoms with van der Waals surface area (Å²) in [6.45, 7) is 1.60. The fourth-order valence-electron chi connectivity index (χ4n) is 3.20. The Bertz CT molecular complexity index is 701. The maximum atomic E-state index is 12.7. The third kappa shape index (κ3) is 3.57. The summed E-state index contributed by atoms with van der Waals surface area (Å²) in [4.78, 5) is 37.9. The third-order valence-electron chi connectivity index (χ3n) is 4.77. The molecule has 3 amide bonds. The Balaban J connectivity index is 1.61. The van der Waals surface area contributed by atoms with Crippen LogP contribution >= 0.6 is 0 Å². The van der Waals surface area contributed by atoms with Crippen molar-refractivity contribution >= 4 is 17.9 Å². The lowest BCUT2D eigenvalue weighted by molar-refractivity contribution is -0.149. The fourth-order valence-corrected chi connectivity index (χ4v) is 3.20. The van der Waals surface area contributed by atoms with Crippen molar-refractivity contribution in [2.24, 2.45) is 5.92 Å². The van der Waals surface area contributed by atoms with Gasteiger partial charge in [-0.25, -0.2) is 4.79 Å². The van der Waals surface area contributed by atoms with Gasteiger partial charge in [-0.1, -0.05) is 42.5 Å². The molecule has 1 N–H and O–H groups in total. The molecule has 1 heterocycles. The first-order valence-corrected chi connectivity index (χ1v) is 8.51. The molecule has 3 rings (SSSR count). The van der Waals surface area contributed by atoms with Crippen LogP contribution in [0, 0.1) is 5.92 Å². The van der Waals surface area contributed by atoms with E-state index >= 15 is 0 Å². The van der Waals surface area contributed by atoms with Gasteiger partial charge in [-0.05, 0) is 37.7 Å². The van der Waals surface area contributed by atoms with Gasteiger partial charge < -0.3 is 10.1 Å². The first kappa shape index (κ1) is 17.2. The molecule has 0 spiro atoms. The van der Waals surface area contributed by atoms with E-state index in [0.717, 1.165) is 24.2 Å². The van der Waals surface area contributed by atoms with Crippen LogP contribution in [0.25, 0.3) is 0 Å². The lowest BCUT2D eigenvalue weighted by Crippen LogP contribution is -2.41. The lowest BCUT2D eigenvalue weighted by atomic mass is 9.92. The fraction of sp³-hybridized carbons (Fsp3) is 0.421. The summed E-state index contributed by atoms with van der Waals surface area (Å²) in [5, 5.41) is 2.68. The van der Waals surface area contributed by atoms with Crippen LogP contribution < -0.4 is 5.32 Å². The molecule has 25 heavy (non-hydrogen) atoms. The highest BCUT2D eigenvalue weighted by Gasteiger charge is 2.49. The smallest absolute Gasteiger partial charge is 0.326 e. The van der Waals surface area contributed by atoms with Crippen LogP contribution in [0.2, 0.25) is 0 Å². The average molecular weight is 342 g/mol. The van der Waals surface area contributed by atoms with E-state index in [1.54, 1.807) is 31.2 Å². The van der Waals surface area contributed by atoms with Crippen molar-refractivity contribution in [1.29, 1.82) is 0 Å². The van der Waals surface area contributed by atoms with Gasteiger partial charge in [0.2, 0.25) is 0 Å². The topological polar surface area (TPSA) is 75.7 Å². The molecule has 0 aromatic heterocycles. The highest BCUT2D eigenvalue weighted by Crippen LogP contribution is 2.28. The number of urea groups is 1. The van der Waals surface area contributed by atoms with E-state index in [9.17, 15) is 14.4 Å². The molecule has 2 unspecified atom stereocenters. The van der Waals surface area contributed by atoms with E-state index in [1.807, 2.05) is 6.07 Å². The normalized spacial score (nSPS) is 25.8. The summed E-state index contributed by atoms with van der Waals surface area (Å²) in [5.41, 5.74) is -0.481. The molecule has 0 saturated carbocycles. The van der Waals surface area contributed by atoms with Crippen molar-refractivity contribution in [2.45, 2.75) is 31.7 Å². The zero-order chi connectivity index (χ0) is 17.9. The predicted octanol–water partition coefficient (Wildman–Crippen LogP) is 2.35. The predicted molar refractivity (Wildman–Crippen MR) is 91.5 cm³/mol. The van der Waals surface area contributed by atoms with E-state index < -0.39 is 23.4 Å². The first-order chi connectivity index (χ1) is 12.0. The van der Waals surface area contributed by atoms with Gasteiger partial charge in [-0.15, -0.1) is 0 Å². The van der Waals surface area contributed by atoms with Crippen LogP contribution in [0.3, 0.4) is 0 Å². The summed E-state index contributed by atoms with van der Waals surface area (Å²) < 4.78 is 5.27. The molecule has 2 atom stereocenters. The molecule has 6 heteroatoms. The second-order valence-electron chi connectivity index (χ2n) is 6.65. The number of nitrogens with one attached hydrogen (secondary N) is 1. The Hall–Kier alpha value is -2.63. The van der Waals surface area contributed by atoms with Crippen molar-refractivity contribution < 1.29 is 19.1 Å². The number of hydrogen-bond donors (Lipinski definition) is 1. The average Bonchev–Trinajstić information content (AvgIpc) is 2.86. The molecule has 132 valence electrons. The molecular weight excluding hydrogens is 320 g/mol. The summed E-state index contributed by atoms with van der Waals surface area (Å²) >= 11 is 0. The van der Waals surface area contributed by atoms with Gasteiger partial charge in [-0.3, -0.25) is 14.5 Å². The molecule has 1 aliphatic heterocycles. The van der Waals surface area contributed by atoms with Crippen LogP contribution in [0.1, 0.15) is 31.7 Å². The summed E-state index contributed by atoms with van der Waals surface area (Å²) in [6, 6.07) is 8.41. The SMILES string of the molecule is CC1(c2ccccc2)NC(=O)N(CC(=O)OCC2CC=CCC2)C1=O. The first-order valence-electron chi connectivity index (χ1n) is 8.51. The second-order valence-corrected chi connectivity index (χ2v) is 6.65. The Morgan fingerprint density at radius 3 is 2.72 bits per heavy atom. The summed E-state index contributed by atoms with van der Waals surface area (Å²) in [6.07, 6.45) is 7.08. The van der Waals surface area contributed by atoms with Crippen molar-refractivity contribution in [3.8, 4) is 0 Å². The van der Waals surface area contributed by atoms with Crippen LogP contribution in [-0.4, -0.2) is 36.0 Å². The maximum absolute atomic E-state index is 12.7. The van der Waals surface area contributed by atoms with E-state index in [0.29, 0.717) is 18.1 Å². The van der Waals surface area contributed by atoms with Gasteiger partial charge in [-0.2, -0.15) is 0 Å². The monoisotopic (exact) mass is 342 g/mol. The van der Waals surface area contributed by atoms with Crippen LogP contribution in [0.5, 0.6) is 0 Å². The largest absolute Gasteiger partial charge is 0.464 e. The maximum Gasteiger partial charge on any atom is 0.326 e. The van der Waals surface area contributed by atoms with Crippen molar-refractivity contribution in [3.63, 3.8) is 0 Å². The van der Waals surface area contributed by atoms with Gasteiger partial charge in [0.15, 0.2) is 0 Å². The van der Waals surface area contributed by atoms with Gasteiger partial charge in [0.05, 0.1) is 6.61 Å². The number of amides is 3. The number of nitrogens with zero attached hydrogens (tertiary/aromatic N) is 1. The molecule has 1 saturated heterocycles. The van der Waals surface area contributed by atoms with Crippen LogP contribution in [0.4, 0.5) is 4.79 Å². The van der Waals surface area contributed by atoms with Crippen molar-refractivity contribution in [2.75, 3.05) is 13.2 Å². The minimum Gasteiger partial charge on any atom is -0.464 e. The number of carbonyl (C=O) groups is 3. The molecule has 1 aromatic carbocycles.